The Bertz CT molecular complexity index is 594. The number of aliphatic hydroxyl groups is 1. The van der Waals surface area contributed by atoms with Gasteiger partial charge in [-0.2, -0.15) is 0 Å². The fourth-order valence-corrected chi connectivity index (χ4v) is 1.66. The molecule has 1 aromatic heterocycles. The third-order valence-corrected chi connectivity index (χ3v) is 2.55. The van der Waals surface area contributed by atoms with E-state index < -0.39 is 11.2 Å². The average Bonchev–Trinajstić information content (AvgIpc) is 2.39. The van der Waals surface area contributed by atoms with Gasteiger partial charge in [-0.05, 0) is 18.2 Å². The first-order valence-electron chi connectivity index (χ1n) is 5.23. The molecule has 0 aliphatic carbocycles. The Balaban J connectivity index is 2.30. The molecule has 0 fully saturated rings. The van der Waals surface area contributed by atoms with Crippen LogP contribution < -0.4 is 5.32 Å². The Labute approximate surface area is 113 Å². The fraction of sp³-hybridized carbons (Fsp3) is 0.0909. The van der Waals surface area contributed by atoms with Gasteiger partial charge in [-0.1, -0.05) is 11.6 Å². The van der Waals surface area contributed by atoms with Gasteiger partial charge in [0.2, 0.25) is 5.95 Å². The normalized spacial score (nSPS) is 11.9. The second-order valence-electron chi connectivity index (χ2n) is 3.58. The van der Waals surface area contributed by atoms with Crippen LogP contribution in [0.5, 0.6) is 0 Å². The summed E-state index contributed by atoms with van der Waals surface area (Å²) in [5, 5.41) is 23.7. The number of nitro benzene ring substituents is 1. The van der Waals surface area contributed by atoms with Gasteiger partial charge >= 0.3 is 0 Å². The van der Waals surface area contributed by atoms with Crippen LogP contribution in [0.3, 0.4) is 0 Å². The summed E-state index contributed by atoms with van der Waals surface area (Å²) < 4.78 is 0. The number of nitro groups is 1. The SMILES string of the molecule is O=[N+]([O-])c1ccc(Cl)cc1C(O)Nc1ncccn1. The van der Waals surface area contributed by atoms with E-state index in [1.807, 2.05) is 0 Å². The molecule has 1 unspecified atom stereocenters. The van der Waals surface area contributed by atoms with Gasteiger partial charge in [0.05, 0.1) is 10.5 Å². The number of hydrogen-bond donors (Lipinski definition) is 2. The minimum atomic E-state index is -1.33. The summed E-state index contributed by atoms with van der Waals surface area (Å²) >= 11 is 5.78. The highest BCUT2D eigenvalue weighted by molar-refractivity contribution is 6.30. The molecule has 0 bridgehead atoms. The van der Waals surface area contributed by atoms with Crippen molar-refractivity contribution in [2.24, 2.45) is 0 Å². The molecule has 0 radical (unpaired) electrons. The highest BCUT2D eigenvalue weighted by atomic mass is 35.5. The van der Waals surface area contributed by atoms with Gasteiger partial charge in [0, 0.05) is 23.5 Å². The van der Waals surface area contributed by atoms with Crippen LogP contribution in [0.4, 0.5) is 11.6 Å². The van der Waals surface area contributed by atoms with E-state index in [0.717, 1.165) is 0 Å². The Morgan fingerprint density at radius 2 is 2.05 bits per heavy atom. The summed E-state index contributed by atoms with van der Waals surface area (Å²) in [6.07, 6.45) is 1.63. The van der Waals surface area contributed by atoms with E-state index in [9.17, 15) is 15.2 Å². The molecule has 1 aromatic carbocycles. The standard InChI is InChI=1S/C11H9ClN4O3/c12-7-2-3-9(16(18)19)8(6-7)10(17)15-11-13-4-1-5-14-11/h1-6,10,17H,(H,13,14,15). The maximum atomic E-state index is 10.9. The number of anilines is 1. The van der Waals surface area contributed by atoms with Crippen molar-refractivity contribution in [2.45, 2.75) is 6.23 Å². The number of hydrogen-bond acceptors (Lipinski definition) is 6. The summed E-state index contributed by atoms with van der Waals surface area (Å²) in [6.45, 7) is 0. The van der Waals surface area contributed by atoms with Crippen molar-refractivity contribution in [1.29, 1.82) is 0 Å². The van der Waals surface area contributed by atoms with Crippen LogP contribution in [0, 0.1) is 10.1 Å². The predicted molar refractivity (Wildman–Crippen MR) is 68.7 cm³/mol. The first kappa shape index (κ1) is 13.2. The fourth-order valence-electron chi connectivity index (χ4n) is 1.48. The van der Waals surface area contributed by atoms with Crippen LogP contribution >= 0.6 is 11.6 Å². The molecule has 98 valence electrons. The summed E-state index contributed by atoms with van der Waals surface area (Å²) in [5.74, 6) is 0.157. The van der Waals surface area contributed by atoms with E-state index in [4.69, 9.17) is 11.6 Å². The largest absolute Gasteiger partial charge is 0.369 e. The number of aliphatic hydroxyl groups excluding tert-OH is 1. The topological polar surface area (TPSA) is 101 Å². The lowest BCUT2D eigenvalue weighted by Crippen LogP contribution is -2.13. The highest BCUT2D eigenvalue weighted by Gasteiger charge is 2.21. The molecule has 0 spiro atoms. The molecule has 0 amide bonds. The maximum absolute atomic E-state index is 10.9. The molecule has 2 aromatic rings. The van der Waals surface area contributed by atoms with E-state index in [2.05, 4.69) is 15.3 Å². The second-order valence-corrected chi connectivity index (χ2v) is 4.02. The molecule has 2 rings (SSSR count). The molecular weight excluding hydrogens is 272 g/mol. The van der Waals surface area contributed by atoms with Crippen LogP contribution in [-0.2, 0) is 0 Å². The average molecular weight is 281 g/mol. The molecule has 7 nitrogen and oxygen atoms in total. The van der Waals surface area contributed by atoms with Gasteiger partial charge in [-0.15, -0.1) is 0 Å². The number of aromatic nitrogens is 2. The van der Waals surface area contributed by atoms with E-state index in [0.29, 0.717) is 0 Å². The first-order chi connectivity index (χ1) is 9.08. The van der Waals surface area contributed by atoms with Crippen molar-refractivity contribution >= 4 is 23.2 Å². The maximum Gasteiger partial charge on any atom is 0.277 e. The van der Waals surface area contributed by atoms with Crippen molar-refractivity contribution in [1.82, 2.24) is 9.97 Å². The summed E-state index contributed by atoms with van der Waals surface area (Å²) in [5.41, 5.74) is -0.190. The van der Waals surface area contributed by atoms with Crippen LogP contribution in [0.2, 0.25) is 5.02 Å². The van der Waals surface area contributed by atoms with Crippen molar-refractivity contribution < 1.29 is 10.0 Å². The van der Waals surface area contributed by atoms with Crippen LogP contribution in [0.15, 0.2) is 36.7 Å². The van der Waals surface area contributed by atoms with Gasteiger partial charge in [0.25, 0.3) is 5.69 Å². The van der Waals surface area contributed by atoms with Crippen LogP contribution in [0.25, 0.3) is 0 Å². The van der Waals surface area contributed by atoms with Crippen molar-refractivity contribution in [2.75, 3.05) is 5.32 Å². The van der Waals surface area contributed by atoms with Crippen LogP contribution in [-0.4, -0.2) is 20.0 Å². The molecule has 0 saturated heterocycles. The number of nitrogens with one attached hydrogen (secondary N) is 1. The zero-order valence-electron chi connectivity index (χ0n) is 9.52. The second kappa shape index (κ2) is 5.59. The zero-order chi connectivity index (χ0) is 13.8. The highest BCUT2D eigenvalue weighted by Crippen LogP contribution is 2.28. The molecule has 1 atom stereocenters. The molecular formula is C11H9ClN4O3. The van der Waals surface area contributed by atoms with Crippen LogP contribution in [0.1, 0.15) is 11.8 Å². The monoisotopic (exact) mass is 280 g/mol. The Kier molecular flexibility index (Phi) is 3.88. The summed E-state index contributed by atoms with van der Waals surface area (Å²) in [4.78, 5) is 18.0. The summed E-state index contributed by atoms with van der Waals surface area (Å²) in [6, 6.07) is 5.54. The molecule has 1 heterocycles. The van der Waals surface area contributed by atoms with Gasteiger partial charge in [-0.25, -0.2) is 9.97 Å². The lowest BCUT2D eigenvalue weighted by molar-refractivity contribution is -0.386. The lowest BCUT2D eigenvalue weighted by atomic mass is 10.1. The molecule has 0 aliphatic rings. The van der Waals surface area contributed by atoms with Crippen molar-refractivity contribution in [3.05, 3.63) is 57.4 Å². The van der Waals surface area contributed by atoms with E-state index >= 15 is 0 Å². The molecule has 0 aliphatic heterocycles. The van der Waals surface area contributed by atoms with E-state index in [-0.39, 0.29) is 22.2 Å². The number of benzene rings is 1. The third kappa shape index (κ3) is 3.15. The number of halogens is 1. The van der Waals surface area contributed by atoms with Crippen molar-refractivity contribution in [3.8, 4) is 0 Å². The van der Waals surface area contributed by atoms with E-state index in [1.165, 1.54) is 30.6 Å². The minimum absolute atomic E-state index is 0.0463. The molecule has 8 heteroatoms. The number of nitrogens with zero attached hydrogens (tertiary/aromatic N) is 3. The minimum Gasteiger partial charge on any atom is -0.369 e. The van der Waals surface area contributed by atoms with Gasteiger partial charge in [-0.3, -0.25) is 10.1 Å². The number of rotatable bonds is 4. The predicted octanol–water partition coefficient (Wildman–Crippen LogP) is 2.14. The zero-order valence-corrected chi connectivity index (χ0v) is 10.3. The van der Waals surface area contributed by atoms with Gasteiger partial charge in [0.15, 0.2) is 6.23 Å². The summed E-state index contributed by atoms with van der Waals surface area (Å²) in [7, 11) is 0. The first-order valence-corrected chi connectivity index (χ1v) is 5.61. The van der Waals surface area contributed by atoms with E-state index in [1.54, 1.807) is 6.07 Å². The molecule has 0 saturated carbocycles. The Morgan fingerprint density at radius 1 is 1.37 bits per heavy atom. The lowest BCUT2D eigenvalue weighted by Gasteiger charge is -2.13. The third-order valence-electron chi connectivity index (χ3n) is 2.31. The Morgan fingerprint density at radius 3 is 2.68 bits per heavy atom. The van der Waals surface area contributed by atoms with Gasteiger partial charge < -0.3 is 10.4 Å². The Hall–Kier alpha value is -2.25. The molecule has 19 heavy (non-hydrogen) atoms. The quantitative estimate of drug-likeness (QED) is 0.505. The smallest absolute Gasteiger partial charge is 0.277 e. The van der Waals surface area contributed by atoms with Crippen molar-refractivity contribution in [3.63, 3.8) is 0 Å². The molecule has 2 N–H and O–H groups in total. The van der Waals surface area contributed by atoms with Gasteiger partial charge in [0.1, 0.15) is 0 Å².